The second kappa shape index (κ2) is 10.3. The highest BCUT2D eigenvalue weighted by Crippen LogP contribution is 2.16. The van der Waals surface area contributed by atoms with E-state index in [9.17, 15) is 14.7 Å². The van der Waals surface area contributed by atoms with Crippen molar-refractivity contribution in [3.8, 4) is 0 Å². The molecule has 4 nitrogen and oxygen atoms in total. The van der Waals surface area contributed by atoms with Gasteiger partial charge in [0.1, 0.15) is 6.04 Å². The SMILES string of the molecule is CC(=O)N[C@@H](CSC[Si](c1ccccc1)(c1ccccc1)c1ccccc1)C(=O)O. The van der Waals surface area contributed by atoms with Crippen LogP contribution in [0.15, 0.2) is 91.0 Å². The molecule has 0 saturated heterocycles. The van der Waals surface area contributed by atoms with Gasteiger partial charge in [-0.25, -0.2) is 4.79 Å². The molecule has 0 heterocycles. The van der Waals surface area contributed by atoms with Crippen molar-refractivity contribution in [2.75, 3.05) is 11.1 Å². The molecule has 0 aromatic heterocycles. The summed E-state index contributed by atoms with van der Waals surface area (Å²) in [4.78, 5) is 23.0. The summed E-state index contributed by atoms with van der Waals surface area (Å²) in [7, 11) is -2.41. The molecule has 154 valence electrons. The van der Waals surface area contributed by atoms with Gasteiger partial charge in [-0.2, -0.15) is 11.8 Å². The minimum absolute atomic E-state index is 0.316. The van der Waals surface area contributed by atoms with Gasteiger partial charge in [0, 0.05) is 18.1 Å². The van der Waals surface area contributed by atoms with E-state index in [0.29, 0.717) is 5.75 Å². The smallest absolute Gasteiger partial charge is 0.327 e. The summed E-state index contributed by atoms with van der Waals surface area (Å²) in [5.74, 6) is -1.03. The van der Waals surface area contributed by atoms with Gasteiger partial charge in [-0.3, -0.25) is 4.79 Å². The molecule has 0 aliphatic carbocycles. The molecule has 3 aromatic carbocycles. The zero-order valence-corrected chi connectivity index (χ0v) is 18.6. The minimum atomic E-state index is -2.41. The third-order valence-electron chi connectivity index (χ3n) is 5.08. The summed E-state index contributed by atoms with van der Waals surface area (Å²) >= 11 is 1.59. The quantitative estimate of drug-likeness (QED) is 0.399. The summed E-state index contributed by atoms with van der Waals surface area (Å²) in [5, 5.41) is 16.6. The molecule has 3 rings (SSSR count). The maximum atomic E-state index is 11.6. The molecule has 0 fully saturated rings. The van der Waals surface area contributed by atoms with E-state index in [1.54, 1.807) is 11.8 Å². The van der Waals surface area contributed by atoms with E-state index in [2.05, 4.69) is 78.1 Å². The van der Waals surface area contributed by atoms with Crippen LogP contribution in [-0.4, -0.2) is 42.2 Å². The van der Waals surface area contributed by atoms with E-state index in [0.717, 1.165) is 5.38 Å². The molecule has 2 N–H and O–H groups in total. The van der Waals surface area contributed by atoms with Gasteiger partial charge >= 0.3 is 5.97 Å². The molecule has 0 radical (unpaired) electrons. The Kier molecular flexibility index (Phi) is 7.49. The first kappa shape index (κ1) is 21.9. The number of amides is 1. The molecule has 0 aliphatic heterocycles. The summed E-state index contributed by atoms with van der Waals surface area (Å²) < 4.78 is 0. The molecule has 6 heteroatoms. The molecular weight excluding hydrogens is 410 g/mol. The standard InChI is InChI=1S/C24H25NO3SSi/c1-19(26)25-23(24(27)28)17-29-18-30(20-11-5-2-6-12-20,21-13-7-3-8-14-21)22-15-9-4-10-16-22/h2-16,23H,17-18H2,1H3,(H,25,26)(H,27,28)/t23-/m0/s1. The van der Waals surface area contributed by atoms with Crippen LogP contribution in [0.1, 0.15) is 6.92 Å². The van der Waals surface area contributed by atoms with Crippen LogP contribution in [0.2, 0.25) is 0 Å². The van der Waals surface area contributed by atoms with E-state index < -0.39 is 20.1 Å². The zero-order valence-electron chi connectivity index (χ0n) is 16.8. The number of hydrogen-bond donors (Lipinski definition) is 2. The first-order valence-electron chi connectivity index (χ1n) is 9.78. The molecular formula is C24H25NO3SSi. The minimum Gasteiger partial charge on any atom is -0.480 e. The molecule has 30 heavy (non-hydrogen) atoms. The maximum Gasteiger partial charge on any atom is 0.327 e. The zero-order chi connectivity index (χ0) is 21.4. The lowest BCUT2D eigenvalue weighted by atomic mass is 10.3. The topological polar surface area (TPSA) is 66.4 Å². The Morgan fingerprint density at radius 2 is 1.23 bits per heavy atom. The van der Waals surface area contributed by atoms with Gasteiger partial charge in [-0.05, 0) is 15.6 Å². The molecule has 0 bridgehead atoms. The van der Waals surface area contributed by atoms with Crippen LogP contribution in [0.3, 0.4) is 0 Å². The van der Waals surface area contributed by atoms with Crippen LogP contribution in [0.4, 0.5) is 0 Å². The van der Waals surface area contributed by atoms with Crippen molar-refractivity contribution >= 4 is 47.3 Å². The number of nitrogens with one attached hydrogen (secondary N) is 1. The normalized spacial score (nSPS) is 12.2. The molecule has 0 unspecified atom stereocenters. The number of hydrogen-bond acceptors (Lipinski definition) is 3. The van der Waals surface area contributed by atoms with Crippen molar-refractivity contribution in [2.45, 2.75) is 13.0 Å². The lowest BCUT2D eigenvalue weighted by Crippen LogP contribution is -2.69. The van der Waals surface area contributed by atoms with Gasteiger partial charge in [0.2, 0.25) is 5.91 Å². The van der Waals surface area contributed by atoms with E-state index >= 15 is 0 Å². The highest BCUT2D eigenvalue weighted by atomic mass is 32.2. The van der Waals surface area contributed by atoms with E-state index in [1.807, 2.05) is 18.2 Å². The van der Waals surface area contributed by atoms with Crippen LogP contribution >= 0.6 is 11.8 Å². The lowest BCUT2D eigenvalue weighted by molar-refractivity contribution is -0.140. The molecule has 0 spiro atoms. The van der Waals surface area contributed by atoms with Gasteiger partial charge in [-0.15, -0.1) is 0 Å². The maximum absolute atomic E-state index is 11.6. The predicted octanol–water partition coefficient (Wildman–Crippen LogP) is 2.02. The Morgan fingerprint density at radius 1 is 0.833 bits per heavy atom. The predicted molar refractivity (Wildman–Crippen MR) is 127 cm³/mol. The Balaban J connectivity index is 2.03. The van der Waals surface area contributed by atoms with Gasteiger partial charge < -0.3 is 10.4 Å². The second-order valence-corrected chi connectivity index (χ2v) is 12.5. The first-order chi connectivity index (χ1) is 14.5. The van der Waals surface area contributed by atoms with Gasteiger partial charge in [-0.1, -0.05) is 91.0 Å². The van der Waals surface area contributed by atoms with Crippen molar-refractivity contribution < 1.29 is 14.7 Å². The largest absolute Gasteiger partial charge is 0.480 e. The van der Waals surface area contributed by atoms with Crippen LogP contribution < -0.4 is 20.9 Å². The van der Waals surface area contributed by atoms with Gasteiger partial charge in [0.25, 0.3) is 0 Å². The summed E-state index contributed by atoms with van der Waals surface area (Å²) in [6, 6.07) is 30.6. The Hall–Kier alpha value is -2.83. The number of carbonyl (C=O) groups excluding carboxylic acids is 1. The molecule has 1 atom stereocenters. The van der Waals surface area contributed by atoms with Crippen molar-refractivity contribution in [1.82, 2.24) is 5.32 Å². The number of benzene rings is 3. The highest BCUT2D eigenvalue weighted by Gasteiger charge is 2.39. The van der Waals surface area contributed by atoms with Crippen molar-refractivity contribution in [2.24, 2.45) is 0 Å². The van der Waals surface area contributed by atoms with Crippen molar-refractivity contribution in [1.29, 1.82) is 0 Å². The molecule has 0 aliphatic rings. The summed E-state index contributed by atoms with van der Waals surface area (Å²) in [5.41, 5.74) is 0. The summed E-state index contributed by atoms with van der Waals surface area (Å²) in [6.07, 6.45) is 0. The number of thioether (sulfide) groups is 1. The average molecular weight is 436 g/mol. The van der Waals surface area contributed by atoms with Crippen molar-refractivity contribution in [3.05, 3.63) is 91.0 Å². The lowest BCUT2D eigenvalue weighted by Gasteiger charge is -2.33. The number of rotatable bonds is 9. The Morgan fingerprint density at radius 3 is 1.57 bits per heavy atom. The molecule has 3 aromatic rings. The number of aliphatic carboxylic acids is 1. The molecule has 0 saturated carbocycles. The number of carbonyl (C=O) groups is 2. The Labute approximate surface area is 182 Å². The van der Waals surface area contributed by atoms with Crippen molar-refractivity contribution in [3.63, 3.8) is 0 Å². The van der Waals surface area contributed by atoms with Crippen LogP contribution in [0.5, 0.6) is 0 Å². The molecule has 1 amide bonds. The first-order valence-corrected chi connectivity index (χ1v) is 13.1. The van der Waals surface area contributed by atoms with Gasteiger partial charge in [0.05, 0.1) is 0 Å². The van der Waals surface area contributed by atoms with E-state index in [-0.39, 0.29) is 5.91 Å². The third-order valence-corrected chi connectivity index (χ3v) is 12.2. The van der Waals surface area contributed by atoms with E-state index in [1.165, 1.54) is 22.5 Å². The van der Waals surface area contributed by atoms with Gasteiger partial charge in [0.15, 0.2) is 8.07 Å². The third kappa shape index (κ3) is 5.01. The average Bonchev–Trinajstić information content (AvgIpc) is 2.77. The second-order valence-electron chi connectivity index (χ2n) is 7.11. The fourth-order valence-corrected chi connectivity index (χ4v) is 11.1. The van der Waals surface area contributed by atoms with Crippen LogP contribution in [0.25, 0.3) is 0 Å². The van der Waals surface area contributed by atoms with Crippen LogP contribution in [0, 0.1) is 0 Å². The number of carboxylic acids is 1. The fourth-order valence-electron chi connectivity index (χ4n) is 3.67. The summed E-state index contributed by atoms with van der Waals surface area (Å²) in [6.45, 7) is 1.34. The fraction of sp³-hybridized carbons (Fsp3) is 0.167. The highest BCUT2D eigenvalue weighted by molar-refractivity contribution is 8.01. The van der Waals surface area contributed by atoms with E-state index in [4.69, 9.17) is 0 Å². The van der Waals surface area contributed by atoms with Crippen LogP contribution in [-0.2, 0) is 9.59 Å². The number of carboxylic acid groups (broad SMARTS) is 1. The monoisotopic (exact) mass is 435 g/mol. The Bertz CT molecular complexity index is 871.